The first-order valence-corrected chi connectivity index (χ1v) is 15.1. The lowest BCUT2D eigenvalue weighted by Crippen LogP contribution is -2.49. The molecule has 204 valence electrons. The van der Waals surface area contributed by atoms with Gasteiger partial charge in [-0.25, -0.2) is 8.42 Å². The number of carbonyl (C=O) groups is 2. The van der Waals surface area contributed by atoms with Crippen molar-refractivity contribution in [3.8, 4) is 0 Å². The fourth-order valence-electron chi connectivity index (χ4n) is 4.22. The van der Waals surface area contributed by atoms with Crippen molar-refractivity contribution in [1.82, 2.24) is 10.2 Å². The molecule has 0 spiro atoms. The van der Waals surface area contributed by atoms with Gasteiger partial charge in [-0.15, -0.1) is 0 Å². The summed E-state index contributed by atoms with van der Waals surface area (Å²) in [5.41, 5.74) is 3.25. The first-order chi connectivity index (χ1) is 17.5. The summed E-state index contributed by atoms with van der Waals surface area (Å²) in [4.78, 5) is 28.1. The predicted octanol–water partition coefficient (Wildman–Crippen LogP) is 5.23. The second-order valence-corrected chi connectivity index (χ2v) is 11.7. The zero-order chi connectivity index (χ0) is 27.6. The highest BCUT2D eigenvalue weighted by Crippen LogP contribution is 2.26. The molecule has 7 nitrogen and oxygen atoms in total. The number of halogens is 1. The number of anilines is 1. The lowest BCUT2D eigenvalue weighted by Gasteiger charge is -2.31. The van der Waals surface area contributed by atoms with E-state index in [-0.39, 0.29) is 31.3 Å². The molecule has 9 heteroatoms. The van der Waals surface area contributed by atoms with Crippen LogP contribution in [-0.4, -0.2) is 50.5 Å². The summed E-state index contributed by atoms with van der Waals surface area (Å²) in [5.74, 6) is -0.406. The van der Waals surface area contributed by atoms with Crippen LogP contribution < -0.4 is 9.62 Å². The summed E-state index contributed by atoms with van der Waals surface area (Å²) in [6.07, 6.45) is 3.85. The number of sulfonamides is 1. The Bertz CT molecular complexity index is 1170. The molecule has 0 bridgehead atoms. The van der Waals surface area contributed by atoms with Crippen LogP contribution in [0.2, 0.25) is 5.02 Å². The van der Waals surface area contributed by atoms with Gasteiger partial charge in [0.05, 0.1) is 11.9 Å². The number of carbonyl (C=O) groups excluding carboxylic acids is 2. The first-order valence-electron chi connectivity index (χ1n) is 12.9. The third kappa shape index (κ3) is 8.75. The van der Waals surface area contributed by atoms with Crippen LogP contribution in [0.1, 0.15) is 62.6 Å². The van der Waals surface area contributed by atoms with Crippen LogP contribution in [0, 0.1) is 13.8 Å². The minimum absolute atomic E-state index is 0.0973. The fraction of sp³-hybridized carbons (Fsp3) is 0.500. The Morgan fingerprint density at radius 1 is 1.03 bits per heavy atom. The molecule has 2 aromatic rings. The molecule has 2 rings (SSSR count). The molecule has 2 aromatic carbocycles. The van der Waals surface area contributed by atoms with Crippen LogP contribution in [0.25, 0.3) is 0 Å². The van der Waals surface area contributed by atoms with E-state index in [9.17, 15) is 18.0 Å². The van der Waals surface area contributed by atoms with Crippen molar-refractivity contribution in [2.45, 2.75) is 72.4 Å². The Labute approximate surface area is 227 Å². The molecule has 0 fully saturated rings. The maximum absolute atomic E-state index is 13.5. The highest BCUT2D eigenvalue weighted by molar-refractivity contribution is 7.92. The average Bonchev–Trinajstić information content (AvgIpc) is 2.84. The average molecular weight is 550 g/mol. The molecule has 0 saturated carbocycles. The largest absolute Gasteiger partial charge is 0.354 e. The van der Waals surface area contributed by atoms with Gasteiger partial charge in [-0.2, -0.15) is 0 Å². The molecule has 1 unspecified atom stereocenters. The summed E-state index contributed by atoms with van der Waals surface area (Å²) in [6, 6.07) is 12.2. The van der Waals surface area contributed by atoms with Gasteiger partial charge in [-0.1, -0.05) is 62.2 Å². The summed E-state index contributed by atoms with van der Waals surface area (Å²) in [7, 11) is -3.55. The lowest BCUT2D eigenvalue weighted by atomic mass is 10.1. The normalized spacial score (nSPS) is 12.2. The SMILES string of the molecule is CCCCNC(=O)C(CC)N(Cc1ccccc1Cl)C(=O)CCCN(c1cccc(C)c1C)S(C)(=O)=O. The molecular formula is C28H40ClN3O4S. The highest BCUT2D eigenvalue weighted by Gasteiger charge is 2.29. The van der Waals surface area contributed by atoms with Gasteiger partial charge >= 0.3 is 0 Å². The molecule has 2 amide bonds. The van der Waals surface area contributed by atoms with Crippen molar-refractivity contribution in [3.05, 3.63) is 64.2 Å². The number of benzene rings is 2. The van der Waals surface area contributed by atoms with Gasteiger partial charge in [0.2, 0.25) is 21.8 Å². The first kappa shape index (κ1) is 30.6. The minimum atomic E-state index is -3.55. The summed E-state index contributed by atoms with van der Waals surface area (Å²) < 4.78 is 26.6. The van der Waals surface area contributed by atoms with E-state index in [1.807, 2.05) is 51.1 Å². The van der Waals surface area contributed by atoms with Crippen molar-refractivity contribution >= 4 is 39.1 Å². The van der Waals surface area contributed by atoms with E-state index in [1.54, 1.807) is 17.0 Å². The lowest BCUT2D eigenvalue weighted by molar-refractivity contribution is -0.141. The van der Waals surface area contributed by atoms with Crippen LogP contribution in [0.3, 0.4) is 0 Å². The topological polar surface area (TPSA) is 86.8 Å². The number of hydrogen-bond acceptors (Lipinski definition) is 4. The standard InChI is InChI=1S/C28H40ClN3O4S/c1-6-8-18-30-28(34)25(7-2)31(20-23-14-9-10-15-24(23)29)27(33)17-12-19-32(37(5,35)36)26-16-11-13-21(3)22(26)4/h9-11,13-16,25H,6-8,12,17-20H2,1-5H3,(H,30,34). The Balaban J connectivity index is 2.24. The zero-order valence-electron chi connectivity index (χ0n) is 22.6. The molecule has 0 heterocycles. The number of unbranched alkanes of at least 4 members (excludes halogenated alkanes) is 1. The molecule has 0 radical (unpaired) electrons. The van der Waals surface area contributed by atoms with E-state index >= 15 is 0 Å². The Morgan fingerprint density at radius 2 is 1.73 bits per heavy atom. The second-order valence-electron chi connectivity index (χ2n) is 9.34. The predicted molar refractivity (Wildman–Crippen MR) is 151 cm³/mol. The molecule has 0 aromatic heterocycles. The number of rotatable bonds is 14. The van der Waals surface area contributed by atoms with Crippen molar-refractivity contribution in [2.75, 3.05) is 23.7 Å². The van der Waals surface area contributed by atoms with E-state index in [1.165, 1.54) is 10.6 Å². The maximum atomic E-state index is 13.5. The second kappa shape index (κ2) is 14.4. The van der Waals surface area contributed by atoms with E-state index in [4.69, 9.17) is 11.6 Å². The van der Waals surface area contributed by atoms with Gasteiger partial charge in [0.1, 0.15) is 6.04 Å². The van der Waals surface area contributed by atoms with Gasteiger partial charge in [0.25, 0.3) is 0 Å². The number of nitrogens with one attached hydrogen (secondary N) is 1. The summed E-state index contributed by atoms with van der Waals surface area (Å²) in [5, 5.41) is 3.47. The van der Waals surface area contributed by atoms with Gasteiger partial charge in [-0.3, -0.25) is 13.9 Å². The van der Waals surface area contributed by atoms with E-state index in [0.717, 1.165) is 29.5 Å². The molecule has 37 heavy (non-hydrogen) atoms. The van der Waals surface area contributed by atoms with Crippen LogP contribution >= 0.6 is 11.6 Å². The third-order valence-corrected chi connectivity index (χ3v) is 8.06. The molecule has 0 aliphatic carbocycles. The van der Waals surface area contributed by atoms with Gasteiger partial charge < -0.3 is 10.2 Å². The number of aryl methyl sites for hydroxylation is 1. The van der Waals surface area contributed by atoms with Crippen molar-refractivity contribution in [3.63, 3.8) is 0 Å². The molecule has 0 saturated heterocycles. The van der Waals surface area contributed by atoms with Crippen molar-refractivity contribution in [2.24, 2.45) is 0 Å². The molecule has 1 atom stereocenters. The Morgan fingerprint density at radius 3 is 2.35 bits per heavy atom. The van der Waals surface area contributed by atoms with Crippen molar-refractivity contribution < 1.29 is 18.0 Å². The van der Waals surface area contributed by atoms with Crippen molar-refractivity contribution in [1.29, 1.82) is 0 Å². The molecule has 0 aliphatic heterocycles. The highest BCUT2D eigenvalue weighted by atomic mass is 35.5. The zero-order valence-corrected chi connectivity index (χ0v) is 24.2. The van der Waals surface area contributed by atoms with E-state index < -0.39 is 16.1 Å². The van der Waals surface area contributed by atoms with Gasteiger partial charge in [0.15, 0.2) is 0 Å². The molecule has 0 aliphatic rings. The van der Waals surface area contributed by atoms with Crippen LogP contribution in [0.15, 0.2) is 42.5 Å². The number of nitrogens with zero attached hydrogens (tertiary/aromatic N) is 2. The monoisotopic (exact) mass is 549 g/mol. The van der Waals surface area contributed by atoms with E-state index in [2.05, 4.69) is 12.2 Å². The van der Waals surface area contributed by atoms with Gasteiger partial charge in [0, 0.05) is 31.1 Å². The smallest absolute Gasteiger partial charge is 0.242 e. The molecular weight excluding hydrogens is 510 g/mol. The quantitative estimate of drug-likeness (QED) is 0.327. The van der Waals surface area contributed by atoms with Crippen LogP contribution in [0.4, 0.5) is 5.69 Å². The number of amides is 2. The molecule has 1 N–H and O–H groups in total. The Kier molecular flexibility index (Phi) is 11.9. The third-order valence-electron chi connectivity index (χ3n) is 6.51. The summed E-state index contributed by atoms with van der Waals surface area (Å²) >= 11 is 6.38. The maximum Gasteiger partial charge on any atom is 0.242 e. The minimum Gasteiger partial charge on any atom is -0.354 e. The summed E-state index contributed by atoms with van der Waals surface area (Å²) in [6.45, 7) is 8.67. The number of hydrogen-bond donors (Lipinski definition) is 1. The van der Waals surface area contributed by atoms with Crippen LogP contribution in [0.5, 0.6) is 0 Å². The fourth-order valence-corrected chi connectivity index (χ4v) is 5.44. The Hall–Kier alpha value is -2.58. The van der Waals surface area contributed by atoms with Gasteiger partial charge in [-0.05, 0) is 61.9 Å². The van der Waals surface area contributed by atoms with E-state index in [0.29, 0.717) is 30.1 Å². The van der Waals surface area contributed by atoms with Crippen LogP contribution in [-0.2, 0) is 26.2 Å².